The number of hydrogen-bond acceptors (Lipinski definition) is 3. The van der Waals surface area contributed by atoms with Gasteiger partial charge in [0, 0.05) is 29.8 Å². The number of rotatable bonds is 1. The quantitative estimate of drug-likeness (QED) is 0.641. The number of carbonyl (C=O) groups excluding carboxylic acids is 1. The molecule has 1 aliphatic rings. The third-order valence-corrected chi connectivity index (χ3v) is 3.13. The Hall–Kier alpha value is -2.17. The zero-order valence-electron chi connectivity index (χ0n) is 9.46. The maximum absolute atomic E-state index is 11.7. The van der Waals surface area contributed by atoms with E-state index in [0.717, 1.165) is 22.9 Å². The van der Waals surface area contributed by atoms with Crippen molar-refractivity contribution < 1.29 is 9.53 Å². The second-order valence-electron chi connectivity index (χ2n) is 4.12. The number of carbonyl (C=O) groups is 1. The number of benzene rings is 1. The van der Waals surface area contributed by atoms with E-state index in [9.17, 15) is 4.79 Å². The van der Waals surface area contributed by atoms with Gasteiger partial charge in [0.1, 0.15) is 11.4 Å². The number of ether oxygens (including phenoxy) is 1. The van der Waals surface area contributed by atoms with Crippen molar-refractivity contribution >= 4 is 22.5 Å². The van der Waals surface area contributed by atoms with Gasteiger partial charge >= 0.3 is 0 Å². The van der Waals surface area contributed by atoms with Crippen LogP contribution < -0.4 is 15.8 Å². The molecule has 0 unspecified atom stereocenters. The lowest BCUT2D eigenvalue weighted by molar-refractivity contribution is 0.0942. The molecule has 17 heavy (non-hydrogen) atoms. The highest BCUT2D eigenvalue weighted by atomic mass is 16.5. The Morgan fingerprint density at radius 2 is 2.24 bits per heavy atom. The van der Waals surface area contributed by atoms with Crippen LogP contribution in [-0.4, -0.2) is 24.5 Å². The molecule has 88 valence electrons. The van der Waals surface area contributed by atoms with E-state index < -0.39 is 0 Å². The van der Waals surface area contributed by atoms with Gasteiger partial charge in [0.05, 0.1) is 12.6 Å². The standard InChI is InChI=1S/C12H13N3O2/c1-17-6-4-8(13)10-7-2-3-14-12(16)11(7)15-9(10)5-6/h4-5,15H,2-3,13H2,1H3,(H,14,16). The first-order valence-corrected chi connectivity index (χ1v) is 5.47. The molecule has 0 saturated carbocycles. The third kappa shape index (κ3) is 1.35. The zero-order valence-corrected chi connectivity index (χ0v) is 9.46. The summed E-state index contributed by atoms with van der Waals surface area (Å²) >= 11 is 0. The van der Waals surface area contributed by atoms with Gasteiger partial charge in [-0.3, -0.25) is 4.79 Å². The predicted molar refractivity (Wildman–Crippen MR) is 65.3 cm³/mol. The van der Waals surface area contributed by atoms with Crippen LogP contribution in [0.5, 0.6) is 5.75 Å². The van der Waals surface area contributed by atoms with Crippen LogP contribution in [0.25, 0.3) is 10.9 Å². The van der Waals surface area contributed by atoms with Gasteiger partial charge in [-0.05, 0) is 12.0 Å². The molecule has 3 rings (SSSR count). The number of methoxy groups -OCH3 is 1. The summed E-state index contributed by atoms with van der Waals surface area (Å²) in [4.78, 5) is 14.8. The first-order chi connectivity index (χ1) is 8.20. The molecule has 1 aromatic carbocycles. The summed E-state index contributed by atoms with van der Waals surface area (Å²) in [6.07, 6.45) is 0.803. The van der Waals surface area contributed by atoms with E-state index in [1.165, 1.54) is 0 Å². The first kappa shape index (κ1) is 10.0. The van der Waals surface area contributed by atoms with Gasteiger partial charge in [0.2, 0.25) is 0 Å². The van der Waals surface area contributed by atoms with Crippen molar-refractivity contribution in [1.29, 1.82) is 0 Å². The van der Waals surface area contributed by atoms with Crippen molar-refractivity contribution in [1.82, 2.24) is 10.3 Å². The fraction of sp³-hybridized carbons (Fsp3) is 0.250. The second-order valence-corrected chi connectivity index (χ2v) is 4.12. The van der Waals surface area contributed by atoms with E-state index >= 15 is 0 Å². The Labute approximate surface area is 97.9 Å². The molecule has 2 aromatic rings. The highest BCUT2D eigenvalue weighted by Crippen LogP contribution is 2.33. The van der Waals surface area contributed by atoms with Gasteiger partial charge in [-0.2, -0.15) is 0 Å². The highest BCUT2D eigenvalue weighted by Gasteiger charge is 2.23. The van der Waals surface area contributed by atoms with Crippen LogP contribution in [0, 0.1) is 0 Å². The largest absolute Gasteiger partial charge is 0.497 e. The Morgan fingerprint density at radius 3 is 3.00 bits per heavy atom. The summed E-state index contributed by atoms with van der Waals surface area (Å²) in [5.41, 5.74) is 9.13. The van der Waals surface area contributed by atoms with Crippen LogP contribution >= 0.6 is 0 Å². The van der Waals surface area contributed by atoms with Crippen molar-refractivity contribution in [2.75, 3.05) is 19.4 Å². The molecule has 0 saturated heterocycles. The molecule has 0 radical (unpaired) electrons. The molecule has 1 amide bonds. The van der Waals surface area contributed by atoms with Crippen molar-refractivity contribution in [3.63, 3.8) is 0 Å². The maximum Gasteiger partial charge on any atom is 0.268 e. The average molecular weight is 231 g/mol. The topological polar surface area (TPSA) is 80.1 Å². The minimum atomic E-state index is -0.0687. The zero-order chi connectivity index (χ0) is 12.0. The number of amides is 1. The maximum atomic E-state index is 11.7. The molecule has 5 nitrogen and oxygen atoms in total. The molecule has 0 spiro atoms. The number of H-pyrrole nitrogens is 1. The minimum absolute atomic E-state index is 0.0687. The predicted octanol–water partition coefficient (Wildman–Crippen LogP) is 1.04. The molecular formula is C12H13N3O2. The molecule has 5 heteroatoms. The molecule has 1 aliphatic heterocycles. The molecule has 0 fully saturated rings. The Balaban J connectivity index is 2.34. The lowest BCUT2D eigenvalue weighted by atomic mass is 10.0. The molecule has 2 heterocycles. The van der Waals surface area contributed by atoms with Gasteiger partial charge in [-0.1, -0.05) is 0 Å². The normalized spacial score (nSPS) is 14.5. The molecular weight excluding hydrogens is 218 g/mol. The Bertz CT molecular complexity index is 616. The van der Waals surface area contributed by atoms with E-state index in [2.05, 4.69) is 10.3 Å². The van der Waals surface area contributed by atoms with Gasteiger partial charge in [-0.15, -0.1) is 0 Å². The molecule has 4 N–H and O–H groups in total. The summed E-state index contributed by atoms with van der Waals surface area (Å²) in [7, 11) is 1.59. The lowest BCUT2D eigenvalue weighted by Gasteiger charge is -2.12. The average Bonchev–Trinajstić information content (AvgIpc) is 2.69. The van der Waals surface area contributed by atoms with Crippen LogP contribution in [0.4, 0.5) is 5.69 Å². The van der Waals surface area contributed by atoms with Gasteiger partial charge in [0.25, 0.3) is 5.91 Å². The highest BCUT2D eigenvalue weighted by molar-refractivity contribution is 6.06. The van der Waals surface area contributed by atoms with Gasteiger partial charge in [0.15, 0.2) is 0 Å². The van der Waals surface area contributed by atoms with Crippen LogP contribution in [0.3, 0.4) is 0 Å². The number of nitrogens with one attached hydrogen (secondary N) is 2. The smallest absolute Gasteiger partial charge is 0.268 e. The van der Waals surface area contributed by atoms with Crippen molar-refractivity contribution in [3.05, 3.63) is 23.4 Å². The van der Waals surface area contributed by atoms with E-state index in [4.69, 9.17) is 10.5 Å². The SMILES string of the molecule is COc1cc(N)c2c3c([nH]c2c1)C(=O)NCC3. The van der Waals surface area contributed by atoms with Crippen molar-refractivity contribution in [2.24, 2.45) is 0 Å². The fourth-order valence-corrected chi connectivity index (χ4v) is 2.36. The summed E-state index contributed by atoms with van der Waals surface area (Å²) in [5.74, 6) is 0.620. The third-order valence-electron chi connectivity index (χ3n) is 3.13. The first-order valence-electron chi connectivity index (χ1n) is 5.47. The van der Waals surface area contributed by atoms with Crippen molar-refractivity contribution in [3.8, 4) is 5.75 Å². The molecule has 0 bridgehead atoms. The van der Waals surface area contributed by atoms with Crippen LogP contribution in [0.15, 0.2) is 12.1 Å². The number of nitrogen functional groups attached to an aromatic ring is 1. The summed E-state index contributed by atoms with van der Waals surface area (Å²) in [6, 6.07) is 3.64. The van der Waals surface area contributed by atoms with E-state index in [-0.39, 0.29) is 5.91 Å². The molecule has 1 aromatic heterocycles. The van der Waals surface area contributed by atoms with E-state index in [1.807, 2.05) is 6.07 Å². The Morgan fingerprint density at radius 1 is 1.41 bits per heavy atom. The number of hydrogen-bond donors (Lipinski definition) is 3. The summed E-state index contributed by atoms with van der Waals surface area (Å²) in [6.45, 7) is 0.657. The minimum Gasteiger partial charge on any atom is -0.497 e. The second kappa shape index (κ2) is 3.41. The van der Waals surface area contributed by atoms with E-state index in [0.29, 0.717) is 23.7 Å². The fourth-order valence-electron chi connectivity index (χ4n) is 2.36. The van der Waals surface area contributed by atoms with E-state index in [1.54, 1.807) is 13.2 Å². The number of aromatic amines is 1. The van der Waals surface area contributed by atoms with Crippen LogP contribution in [0.1, 0.15) is 16.1 Å². The number of aromatic nitrogens is 1. The molecule has 0 aliphatic carbocycles. The lowest BCUT2D eigenvalue weighted by Crippen LogP contribution is -2.31. The number of nitrogens with two attached hydrogens (primary N) is 1. The Kier molecular flexibility index (Phi) is 2.01. The summed E-state index contributed by atoms with van der Waals surface area (Å²) in [5, 5.41) is 3.75. The number of fused-ring (bicyclic) bond motifs is 3. The van der Waals surface area contributed by atoms with Crippen LogP contribution in [-0.2, 0) is 6.42 Å². The van der Waals surface area contributed by atoms with Crippen LogP contribution in [0.2, 0.25) is 0 Å². The van der Waals surface area contributed by atoms with Crippen molar-refractivity contribution in [2.45, 2.75) is 6.42 Å². The summed E-state index contributed by atoms with van der Waals surface area (Å²) < 4.78 is 5.16. The monoisotopic (exact) mass is 231 g/mol. The van der Waals surface area contributed by atoms with Gasteiger partial charge in [-0.25, -0.2) is 0 Å². The molecule has 0 atom stereocenters. The number of anilines is 1. The van der Waals surface area contributed by atoms with Gasteiger partial charge < -0.3 is 20.8 Å².